The van der Waals surface area contributed by atoms with Crippen LogP contribution < -0.4 is 0 Å². The first-order valence-electron chi connectivity index (χ1n) is 6.76. The van der Waals surface area contributed by atoms with E-state index in [2.05, 4.69) is 70.7 Å². The average Bonchev–Trinajstić information content (AvgIpc) is 3.00. The number of fused-ring (bicyclic) bond motifs is 2. The predicted molar refractivity (Wildman–Crippen MR) is 78.6 cm³/mol. The van der Waals surface area contributed by atoms with Gasteiger partial charge in [0.1, 0.15) is 0 Å². The van der Waals surface area contributed by atoms with Crippen LogP contribution >= 0.6 is 0 Å². The third-order valence-corrected chi connectivity index (χ3v) is 3.89. The summed E-state index contributed by atoms with van der Waals surface area (Å²) < 4.78 is 0. The van der Waals surface area contributed by atoms with Crippen molar-refractivity contribution in [2.24, 2.45) is 5.92 Å². The van der Waals surface area contributed by atoms with Gasteiger partial charge in [0, 0.05) is 29.9 Å². The van der Waals surface area contributed by atoms with E-state index in [0.29, 0.717) is 5.92 Å². The van der Waals surface area contributed by atoms with Gasteiger partial charge in [-0.2, -0.15) is 0 Å². The molecule has 0 saturated heterocycles. The summed E-state index contributed by atoms with van der Waals surface area (Å²) in [6, 6.07) is 10.7. The zero-order valence-electron chi connectivity index (χ0n) is 10.7. The van der Waals surface area contributed by atoms with Crippen molar-refractivity contribution >= 4 is 10.9 Å². The molecule has 1 aliphatic carbocycles. The molecule has 1 aromatic carbocycles. The molecule has 2 aromatic rings. The van der Waals surface area contributed by atoms with Crippen molar-refractivity contribution < 1.29 is 0 Å². The van der Waals surface area contributed by atoms with Crippen LogP contribution in [0.2, 0.25) is 0 Å². The summed E-state index contributed by atoms with van der Waals surface area (Å²) in [7, 11) is 0. The van der Waals surface area contributed by atoms with Crippen LogP contribution in [0, 0.1) is 5.92 Å². The summed E-state index contributed by atoms with van der Waals surface area (Å²) in [4.78, 5) is 5.89. The lowest BCUT2D eigenvalue weighted by Crippen LogP contribution is -2.17. The lowest BCUT2D eigenvalue weighted by Gasteiger charge is -2.16. The average molecular weight is 248 g/mol. The van der Waals surface area contributed by atoms with Gasteiger partial charge < -0.3 is 9.88 Å². The van der Waals surface area contributed by atoms with Crippen molar-refractivity contribution in [3.63, 3.8) is 0 Å². The van der Waals surface area contributed by atoms with Gasteiger partial charge in [0.2, 0.25) is 0 Å². The Balaban J connectivity index is 1.57. The summed E-state index contributed by atoms with van der Waals surface area (Å²) in [5.74, 6) is 0.578. The van der Waals surface area contributed by atoms with Crippen molar-refractivity contribution in [2.75, 3.05) is 6.54 Å². The number of aromatic nitrogens is 1. The van der Waals surface area contributed by atoms with E-state index in [-0.39, 0.29) is 0 Å². The smallest absolute Gasteiger partial charge is 0.0575 e. The Morgan fingerprint density at radius 1 is 1.21 bits per heavy atom. The summed E-state index contributed by atoms with van der Waals surface area (Å²) >= 11 is 0. The first kappa shape index (κ1) is 10.7. The maximum atomic E-state index is 3.50. The van der Waals surface area contributed by atoms with E-state index in [4.69, 9.17) is 0 Å². The molecule has 1 aliphatic heterocycles. The molecule has 1 N–H and O–H groups in total. The number of nitrogens with zero attached hydrogens (tertiary/aromatic N) is 1. The van der Waals surface area contributed by atoms with Crippen molar-refractivity contribution in [3.05, 3.63) is 72.1 Å². The molecule has 1 unspecified atom stereocenters. The van der Waals surface area contributed by atoms with E-state index >= 15 is 0 Å². The Morgan fingerprint density at radius 2 is 2.16 bits per heavy atom. The molecule has 0 spiro atoms. The molecule has 1 atom stereocenters. The van der Waals surface area contributed by atoms with Crippen molar-refractivity contribution in [1.82, 2.24) is 9.88 Å². The molecule has 0 bridgehead atoms. The zero-order valence-corrected chi connectivity index (χ0v) is 10.7. The molecule has 1 aromatic heterocycles. The van der Waals surface area contributed by atoms with Crippen LogP contribution in [0.4, 0.5) is 0 Å². The van der Waals surface area contributed by atoms with Gasteiger partial charge in [-0.05, 0) is 23.1 Å². The van der Waals surface area contributed by atoms with Gasteiger partial charge in [-0.15, -0.1) is 0 Å². The highest BCUT2D eigenvalue weighted by Gasteiger charge is 2.21. The number of benzene rings is 1. The van der Waals surface area contributed by atoms with Crippen molar-refractivity contribution in [1.29, 1.82) is 0 Å². The maximum Gasteiger partial charge on any atom is 0.0575 e. The lowest BCUT2D eigenvalue weighted by molar-refractivity contribution is 0.376. The standard InChI is InChI=1S/C17H16N2/c1-2-7-15-11-19(10-14(15)6-1)12-16-9-13-5-3-4-8-17(13)18-16/h1-10,15,18H,11-12H2. The van der Waals surface area contributed by atoms with Crippen molar-refractivity contribution in [3.8, 4) is 0 Å². The van der Waals surface area contributed by atoms with E-state index in [1.165, 1.54) is 22.2 Å². The Bertz CT molecular complexity index is 670. The van der Waals surface area contributed by atoms with E-state index in [1.807, 2.05) is 0 Å². The predicted octanol–water partition coefficient (Wildman–Crippen LogP) is 3.61. The number of hydrogen-bond acceptors (Lipinski definition) is 1. The van der Waals surface area contributed by atoms with E-state index < -0.39 is 0 Å². The van der Waals surface area contributed by atoms with Gasteiger partial charge in [0.25, 0.3) is 0 Å². The summed E-state index contributed by atoms with van der Waals surface area (Å²) in [6.07, 6.45) is 11.1. The van der Waals surface area contributed by atoms with Gasteiger partial charge in [-0.3, -0.25) is 0 Å². The second-order valence-electron chi connectivity index (χ2n) is 5.29. The van der Waals surface area contributed by atoms with Gasteiger partial charge in [-0.25, -0.2) is 0 Å². The molecule has 0 amide bonds. The van der Waals surface area contributed by atoms with E-state index in [0.717, 1.165) is 13.1 Å². The van der Waals surface area contributed by atoms with Crippen LogP contribution in [-0.2, 0) is 6.54 Å². The fraction of sp³-hybridized carbons (Fsp3) is 0.176. The first-order valence-corrected chi connectivity index (χ1v) is 6.76. The number of H-pyrrole nitrogens is 1. The van der Waals surface area contributed by atoms with Gasteiger partial charge in [0.15, 0.2) is 0 Å². The summed E-state index contributed by atoms with van der Waals surface area (Å²) in [6.45, 7) is 2.04. The third kappa shape index (κ3) is 1.89. The van der Waals surface area contributed by atoms with Crippen LogP contribution in [0.25, 0.3) is 10.9 Å². The molecule has 19 heavy (non-hydrogen) atoms. The Morgan fingerprint density at radius 3 is 3.05 bits per heavy atom. The first-order chi connectivity index (χ1) is 9.38. The fourth-order valence-corrected chi connectivity index (χ4v) is 2.97. The fourth-order valence-electron chi connectivity index (χ4n) is 2.97. The molecular formula is C17H16N2. The summed E-state index contributed by atoms with van der Waals surface area (Å²) in [5, 5.41) is 1.29. The second kappa shape index (κ2) is 4.16. The van der Waals surface area contributed by atoms with E-state index in [9.17, 15) is 0 Å². The highest BCUT2D eigenvalue weighted by molar-refractivity contribution is 5.80. The topological polar surface area (TPSA) is 19.0 Å². The Labute approximate surface area is 112 Å². The molecule has 0 saturated carbocycles. The van der Waals surface area contributed by atoms with Gasteiger partial charge in [0.05, 0.1) is 6.54 Å². The normalized spacial score (nSPS) is 20.9. The molecule has 2 aliphatic rings. The number of hydrogen-bond donors (Lipinski definition) is 1. The monoisotopic (exact) mass is 248 g/mol. The van der Waals surface area contributed by atoms with Crippen LogP contribution in [-0.4, -0.2) is 16.4 Å². The quantitative estimate of drug-likeness (QED) is 0.860. The number of allylic oxidation sites excluding steroid dienone is 3. The Hall–Kier alpha value is -2.22. The number of rotatable bonds is 2. The molecule has 94 valence electrons. The largest absolute Gasteiger partial charge is 0.370 e. The highest BCUT2D eigenvalue weighted by Crippen LogP contribution is 2.28. The van der Waals surface area contributed by atoms with Crippen LogP contribution in [0.15, 0.2) is 66.4 Å². The highest BCUT2D eigenvalue weighted by atomic mass is 15.1. The van der Waals surface area contributed by atoms with Crippen LogP contribution in [0.5, 0.6) is 0 Å². The molecule has 0 fully saturated rings. The van der Waals surface area contributed by atoms with Crippen LogP contribution in [0.1, 0.15) is 5.69 Å². The summed E-state index contributed by atoms with van der Waals surface area (Å²) in [5.41, 5.74) is 3.94. The minimum atomic E-state index is 0.578. The zero-order chi connectivity index (χ0) is 12.7. The molecule has 0 radical (unpaired) electrons. The van der Waals surface area contributed by atoms with Gasteiger partial charge in [-0.1, -0.05) is 42.5 Å². The van der Waals surface area contributed by atoms with Crippen LogP contribution in [0.3, 0.4) is 0 Å². The molecule has 4 rings (SSSR count). The molecule has 2 nitrogen and oxygen atoms in total. The maximum absolute atomic E-state index is 3.50. The molecule has 2 heterocycles. The van der Waals surface area contributed by atoms with Gasteiger partial charge >= 0.3 is 0 Å². The van der Waals surface area contributed by atoms with Crippen molar-refractivity contribution in [2.45, 2.75) is 6.54 Å². The number of nitrogens with one attached hydrogen (secondary N) is 1. The minimum absolute atomic E-state index is 0.578. The van der Waals surface area contributed by atoms with E-state index in [1.54, 1.807) is 0 Å². The second-order valence-corrected chi connectivity index (χ2v) is 5.29. The minimum Gasteiger partial charge on any atom is -0.370 e. The lowest BCUT2D eigenvalue weighted by atomic mass is 9.98. The SMILES string of the molecule is C1=CC2=CN(Cc3cc4ccccc4[nH]3)CC2C=C1. The molecule has 2 heteroatoms. The Kier molecular flexibility index (Phi) is 2.34. The number of para-hydroxylation sites is 1. The number of aromatic amines is 1. The third-order valence-electron chi connectivity index (χ3n) is 3.89. The molecular weight excluding hydrogens is 232 g/mol.